The number of amides is 2. The first kappa shape index (κ1) is 21.7. The van der Waals surface area contributed by atoms with E-state index in [1.165, 1.54) is 0 Å². The number of carbonyl (C=O) groups excluding carboxylic acids is 1. The van der Waals surface area contributed by atoms with Crippen LogP contribution in [0.15, 0.2) is 42.5 Å². The molecule has 0 spiro atoms. The number of halogens is 3. The van der Waals surface area contributed by atoms with Gasteiger partial charge in [-0.15, -0.1) is 0 Å². The van der Waals surface area contributed by atoms with Crippen LogP contribution in [-0.2, 0) is 4.79 Å². The molecule has 0 aliphatic carbocycles. The molecule has 0 bridgehead atoms. The molecule has 2 amide bonds. The molecule has 2 N–H and O–H groups in total. The Morgan fingerprint density at radius 2 is 1.70 bits per heavy atom. The predicted octanol–water partition coefficient (Wildman–Crippen LogP) is 4.38. The Morgan fingerprint density at radius 1 is 1.10 bits per heavy atom. The van der Waals surface area contributed by atoms with Crippen LogP contribution in [-0.4, -0.2) is 40.8 Å². The van der Waals surface area contributed by atoms with Crippen molar-refractivity contribution in [2.75, 3.05) is 6.54 Å². The summed E-state index contributed by atoms with van der Waals surface area (Å²) in [6.45, 7) is 2.95. The number of carbonyl (C=O) groups is 2. The molecular formula is C22H23F3N2O3. The van der Waals surface area contributed by atoms with Crippen molar-refractivity contribution in [2.45, 2.75) is 44.4 Å². The van der Waals surface area contributed by atoms with Gasteiger partial charge in [0.1, 0.15) is 23.8 Å². The molecule has 1 fully saturated rings. The number of carboxylic acid groups (broad SMARTS) is 1. The molecule has 3 unspecified atom stereocenters. The summed E-state index contributed by atoms with van der Waals surface area (Å²) in [4.78, 5) is 24.9. The van der Waals surface area contributed by atoms with Gasteiger partial charge in [-0.05, 0) is 29.2 Å². The first-order chi connectivity index (χ1) is 14.2. The molecule has 3 atom stereocenters. The van der Waals surface area contributed by atoms with E-state index in [2.05, 4.69) is 5.32 Å². The van der Waals surface area contributed by atoms with Crippen molar-refractivity contribution < 1.29 is 27.9 Å². The number of likely N-dealkylation sites (tertiary alicyclic amines) is 1. The van der Waals surface area contributed by atoms with Gasteiger partial charge in [-0.3, -0.25) is 9.69 Å². The van der Waals surface area contributed by atoms with Gasteiger partial charge in [0.15, 0.2) is 0 Å². The monoisotopic (exact) mass is 420 g/mol. The average molecular weight is 420 g/mol. The van der Waals surface area contributed by atoms with E-state index in [1.807, 2.05) is 0 Å². The molecule has 2 aromatic carbocycles. The Balaban J connectivity index is 1.97. The number of benzene rings is 2. The van der Waals surface area contributed by atoms with Gasteiger partial charge >= 0.3 is 6.09 Å². The fourth-order valence-electron chi connectivity index (χ4n) is 3.81. The summed E-state index contributed by atoms with van der Waals surface area (Å²) in [5.74, 6) is -2.55. The summed E-state index contributed by atoms with van der Waals surface area (Å²) in [7, 11) is 0. The van der Waals surface area contributed by atoms with Crippen LogP contribution >= 0.6 is 0 Å². The minimum absolute atomic E-state index is 0.0509. The van der Waals surface area contributed by atoms with Gasteiger partial charge in [0.2, 0.25) is 5.91 Å². The van der Waals surface area contributed by atoms with Gasteiger partial charge in [0.25, 0.3) is 0 Å². The van der Waals surface area contributed by atoms with Crippen molar-refractivity contribution in [1.82, 2.24) is 10.2 Å². The summed E-state index contributed by atoms with van der Waals surface area (Å²) >= 11 is 0. The van der Waals surface area contributed by atoms with E-state index in [1.54, 1.807) is 44.2 Å². The SMILES string of the molecule is CC(C)c1c(F)cc(C(NC(=O)C2CC(F)CN2C(=O)O)c2ccccc2)cc1F. The average Bonchev–Trinajstić information content (AvgIpc) is 3.08. The van der Waals surface area contributed by atoms with Crippen molar-refractivity contribution in [3.63, 3.8) is 0 Å². The molecule has 8 heteroatoms. The largest absolute Gasteiger partial charge is 0.465 e. The summed E-state index contributed by atoms with van der Waals surface area (Å²) < 4.78 is 43.0. The minimum Gasteiger partial charge on any atom is -0.465 e. The van der Waals surface area contributed by atoms with E-state index < -0.39 is 48.4 Å². The Hall–Kier alpha value is -3.03. The van der Waals surface area contributed by atoms with Crippen molar-refractivity contribution in [1.29, 1.82) is 0 Å². The lowest BCUT2D eigenvalue weighted by atomic mass is 9.93. The third-order valence-electron chi connectivity index (χ3n) is 5.23. The van der Waals surface area contributed by atoms with Crippen molar-refractivity contribution in [3.05, 3.63) is 70.8 Å². The normalized spacial score (nSPS) is 19.7. The molecule has 3 rings (SSSR count). The van der Waals surface area contributed by atoms with Crippen LogP contribution in [0.3, 0.4) is 0 Å². The van der Waals surface area contributed by atoms with Crippen LogP contribution in [0, 0.1) is 11.6 Å². The number of nitrogens with one attached hydrogen (secondary N) is 1. The second kappa shape index (κ2) is 8.77. The quantitative estimate of drug-likeness (QED) is 0.754. The van der Waals surface area contributed by atoms with Gasteiger partial charge < -0.3 is 10.4 Å². The maximum absolute atomic E-state index is 14.6. The Kier molecular flexibility index (Phi) is 6.34. The van der Waals surface area contributed by atoms with E-state index in [9.17, 15) is 27.9 Å². The van der Waals surface area contributed by atoms with Gasteiger partial charge in [0.05, 0.1) is 12.6 Å². The zero-order valence-corrected chi connectivity index (χ0v) is 16.6. The molecule has 1 aliphatic rings. The second-order valence-corrected chi connectivity index (χ2v) is 7.69. The van der Waals surface area contributed by atoms with Gasteiger partial charge in [-0.2, -0.15) is 0 Å². The van der Waals surface area contributed by atoms with Gasteiger partial charge in [0, 0.05) is 12.0 Å². The first-order valence-corrected chi connectivity index (χ1v) is 9.66. The molecule has 1 aliphatic heterocycles. The molecule has 160 valence electrons. The topological polar surface area (TPSA) is 69.6 Å². The Labute approximate surface area is 172 Å². The van der Waals surface area contributed by atoms with Crippen LogP contribution in [0.5, 0.6) is 0 Å². The Bertz CT molecular complexity index is 913. The number of hydrogen-bond acceptors (Lipinski definition) is 2. The fraction of sp³-hybridized carbons (Fsp3) is 0.364. The molecule has 30 heavy (non-hydrogen) atoms. The third kappa shape index (κ3) is 4.42. The Morgan fingerprint density at radius 3 is 2.23 bits per heavy atom. The number of rotatable bonds is 5. The third-order valence-corrected chi connectivity index (χ3v) is 5.23. The van der Waals surface area contributed by atoms with Crippen LogP contribution in [0.25, 0.3) is 0 Å². The highest BCUT2D eigenvalue weighted by Gasteiger charge is 2.40. The summed E-state index contributed by atoms with van der Waals surface area (Å²) in [6.07, 6.45) is -3.12. The van der Waals surface area contributed by atoms with Crippen molar-refractivity contribution >= 4 is 12.0 Å². The highest BCUT2D eigenvalue weighted by molar-refractivity contribution is 5.86. The summed E-state index contributed by atoms with van der Waals surface area (Å²) in [5, 5.41) is 11.9. The maximum atomic E-state index is 14.6. The maximum Gasteiger partial charge on any atom is 0.408 e. The van der Waals surface area contributed by atoms with E-state index in [4.69, 9.17) is 0 Å². The van der Waals surface area contributed by atoms with Crippen LogP contribution < -0.4 is 5.32 Å². The highest BCUT2D eigenvalue weighted by Crippen LogP contribution is 2.30. The molecule has 5 nitrogen and oxygen atoms in total. The lowest BCUT2D eigenvalue weighted by Crippen LogP contribution is -2.46. The molecule has 2 aromatic rings. The molecule has 0 saturated carbocycles. The van der Waals surface area contributed by atoms with Crippen LogP contribution in [0.4, 0.5) is 18.0 Å². The van der Waals surface area contributed by atoms with E-state index in [0.717, 1.165) is 17.0 Å². The number of nitrogens with zero attached hydrogens (tertiary/aromatic N) is 1. The highest BCUT2D eigenvalue weighted by atomic mass is 19.1. The molecule has 1 saturated heterocycles. The van der Waals surface area contributed by atoms with Crippen molar-refractivity contribution in [3.8, 4) is 0 Å². The van der Waals surface area contributed by atoms with Crippen molar-refractivity contribution in [2.24, 2.45) is 0 Å². The van der Waals surface area contributed by atoms with E-state index >= 15 is 0 Å². The first-order valence-electron chi connectivity index (χ1n) is 9.66. The molecule has 0 aromatic heterocycles. The number of hydrogen-bond donors (Lipinski definition) is 2. The van der Waals surface area contributed by atoms with Crippen LogP contribution in [0.2, 0.25) is 0 Å². The van der Waals surface area contributed by atoms with Gasteiger partial charge in [-0.25, -0.2) is 18.0 Å². The standard InChI is InChI=1S/C22H23F3N2O3/c1-12(2)19-16(24)8-14(9-17(19)25)20(13-6-4-3-5-7-13)26-21(28)18-10-15(23)11-27(18)22(29)30/h3-9,12,15,18,20H,10-11H2,1-2H3,(H,26,28)(H,29,30). The second-order valence-electron chi connectivity index (χ2n) is 7.69. The molecular weight excluding hydrogens is 397 g/mol. The number of alkyl halides is 1. The minimum atomic E-state index is -1.45. The summed E-state index contributed by atoms with van der Waals surface area (Å²) in [5.41, 5.74) is 0.675. The molecule has 1 heterocycles. The summed E-state index contributed by atoms with van der Waals surface area (Å²) in [6, 6.07) is 8.71. The zero-order valence-electron chi connectivity index (χ0n) is 16.6. The van der Waals surface area contributed by atoms with Crippen LogP contribution in [0.1, 0.15) is 48.9 Å². The lowest BCUT2D eigenvalue weighted by molar-refractivity contribution is -0.125. The van der Waals surface area contributed by atoms with E-state index in [-0.39, 0.29) is 23.5 Å². The molecule has 0 radical (unpaired) electrons. The van der Waals surface area contributed by atoms with E-state index in [0.29, 0.717) is 5.56 Å². The predicted molar refractivity (Wildman–Crippen MR) is 105 cm³/mol. The fourth-order valence-corrected chi connectivity index (χ4v) is 3.81. The zero-order chi connectivity index (χ0) is 22.0. The lowest BCUT2D eigenvalue weighted by Gasteiger charge is -2.25. The smallest absolute Gasteiger partial charge is 0.408 e. The van der Waals surface area contributed by atoms with Gasteiger partial charge in [-0.1, -0.05) is 44.2 Å².